The molecule has 0 saturated carbocycles. The number of aromatic nitrogens is 3. The molecular weight excluding hydrogens is 250 g/mol. The van der Waals surface area contributed by atoms with E-state index in [-0.39, 0.29) is 0 Å². The van der Waals surface area contributed by atoms with Crippen LogP contribution in [-0.2, 0) is 0 Å². The summed E-state index contributed by atoms with van der Waals surface area (Å²) in [6.07, 6.45) is 4.27. The molecule has 94 valence electrons. The molecule has 1 unspecified atom stereocenters. The molecule has 1 aliphatic heterocycles. The first-order valence-corrected chi connectivity index (χ1v) is 6.33. The number of para-hydroxylation sites is 1. The van der Waals surface area contributed by atoms with Crippen molar-refractivity contribution in [3.8, 4) is 5.69 Å². The van der Waals surface area contributed by atoms with Gasteiger partial charge in [-0.05, 0) is 25.1 Å². The summed E-state index contributed by atoms with van der Waals surface area (Å²) in [5.41, 5.74) is 1.84. The molecular formula is C12H14ClN5. The van der Waals surface area contributed by atoms with Crippen molar-refractivity contribution in [1.82, 2.24) is 20.1 Å². The molecule has 0 aliphatic carbocycles. The van der Waals surface area contributed by atoms with Gasteiger partial charge in [0, 0.05) is 12.6 Å². The second-order valence-electron chi connectivity index (χ2n) is 4.31. The van der Waals surface area contributed by atoms with E-state index in [0.29, 0.717) is 11.1 Å². The van der Waals surface area contributed by atoms with Crippen LogP contribution in [0.4, 0.5) is 5.69 Å². The van der Waals surface area contributed by atoms with Gasteiger partial charge in [0.1, 0.15) is 18.3 Å². The van der Waals surface area contributed by atoms with E-state index in [9.17, 15) is 0 Å². The molecule has 1 fully saturated rings. The molecule has 0 radical (unpaired) electrons. The predicted octanol–water partition coefficient (Wildman–Crippen LogP) is 1.69. The number of hydrogen-bond donors (Lipinski definition) is 2. The first kappa shape index (κ1) is 11.5. The van der Waals surface area contributed by atoms with E-state index in [4.69, 9.17) is 11.6 Å². The number of benzene rings is 1. The van der Waals surface area contributed by atoms with Crippen LogP contribution in [-0.4, -0.2) is 33.9 Å². The lowest BCUT2D eigenvalue weighted by Gasteiger charge is -2.17. The van der Waals surface area contributed by atoms with Crippen molar-refractivity contribution in [2.75, 3.05) is 18.4 Å². The fourth-order valence-corrected chi connectivity index (χ4v) is 2.45. The van der Waals surface area contributed by atoms with E-state index in [0.717, 1.165) is 30.9 Å². The summed E-state index contributed by atoms with van der Waals surface area (Å²) in [4.78, 5) is 3.97. The normalized spacial score (nSPS) is 19.1. The minimum atomic E-state index is 0.436. The van der Waals surface area contributed by atoms with Gasteiger partial charge in [-0.25, -0.2) is 9.67 Å². The highest BCUT2D eigenvalue weighted by Crippen LogP contribution is 2.28. The van der Waals surface area contributed by atoms with Gasteiger partial charge in [-0.15, -0.1) is 0 Å². The lowest BCUT2D eigenvalue weighted by molar-refractivity contribution is 0.787. The Labute approximate surface area is 110 Å². The van der Waals surface area contributed by atoms with Gasteiger partial charge in [-0.3, -0.25) is 0 Å². The topological polar surface area (TPSA) is 54.8 Å². The van der Waals surface area contributed by atoms with Crippen molar-refractivity contribution in [3.63, 3.8) is 0 Å². The van der Waals surface area contributed by atoms with Gasteiger partial charge in [0.05, 0.1) is 10.7 Å². The fourth-order valence-electron chi connectivity index (χ4n) is 2.19. The molecule has 2 aromatic rings. The highest BCUT2D eigenvalue weighted by molar-refractivity contribution is 6.33. The molecule has 1 saturated heterocycles. The SMILES string of the molecule is Clc1cccc(NC2CCNC2)c1-n1cncn1. The highest BCUT2D eigenvalue weighted by Gasteiger charge is 2.17. The van der Waals surface area contributed by atoms with Crippen molar-refractivity contribution in [2.45, 2.75) is 12.5 Å². The standard InChI is InChI=1S/C12H14ClN5/c13-10-2-1-3-11(17-9-4-5-14-6-9)12(10)18-8-15-7-16-18/h1-3,7-9,14,17H,4-6H2. The summed E-state index contributed by atoms with van der Waals surface area (Å²) < 4.78 is 1.69. The van der Waals surface area contributed by atoms with Crippen LogP contribution in [0.2, 0.25) is 5.02 Å². The molecule has 1 aromatic heterocycles. The number of nitrogens with zero attached hydrogens (tertiary/aromatic N) is 3. The van der Waals surface area contributed by atoms with Gasteiger partial charge in [-0.1, -0.05) is 17.7 Å². The van der Waals surface area contributed by atoms with Crippen LogP contribution in [0.25, 0.3) is 5.69 Å². The maximum atomic E-state index is 6.26. The van der Waals surface area contributed by atoms with Crippen LogP contribution in [0.5, 0.6) is 0 Å². The Hall–Kier alpha value is -1.59. The average molecular weight is 264 g/mol. The molecule has 3 rings (SSSR count). The molecule has 0 amide bonds. The van der Waals surface area contributed by atoms with E-state index in [1.54, 1.807) is 11.0 Å². The van der Waals surface area contributed by atoms with E-state index in [1.165, 1.54) is 6.33 Å². The monoisotopic (exact) mass is 263 g/mol. The lowest BCUT2D eigenvalue weighted by Crippen LogP contribution is -2.23. The van der Waals surface area contributed by atoms with E-state index in [1.807, 2.05) is 18.2 Å². The van der Waals surface area contributed by atoms with Gasteiger partial charge in [0.2, 0.25) is 0 Å². The Bertz CT molecular complexity index is 519. The summed E-state index contributed by atoms with van der Waals surface area (Å²) in [6.45, 7) is 2.03. The largest absolute Gasteiger partial charge is 0.379 e. The van der Waals surface area contributed by atoms with Crippen LogP contribution in [0.15, 0.2) is 30.9 Å². The Kier molecular flexibility index (Phi) is 3.17. The average Bonchev–Trinajstić information content (AvgIpc) is 3.01. The predicted molar refractivity (Wildman–Crippen MR) is 71.3 cm³/mol. The second-order valence-corrected chi connectivity index (χ2v) is 4.72. The maximum Gasteiger partial charge on any atom is 0.138 e. The summed E-state index contributed by atoms with van der Waals surface area (Å²) >= 11 is 6.26. The Morgan fingerprint density at radius 2 is 2.39 bits per heavy atom. The van der Waals surface area contributed by atoms with E-state index < -0.39 is 0 Å². The summed E-state index contributed by atoms with van der Waals surface area (Å²) in [5, 5.41) is 11.6. The number of halogens is 1. The third-order valence-electron chi connectivity index (χ3n) is 3.05. The number of anilines is 1. The zero-order valence-electron chi connectivity index (χ0n) is 9.81. The van der Waals surface area contributed by atoms with Gasteiger partial charge in [0.15, 0.2) is 0 Å². The zero-order valence-corrected chi connectivity index (χ0v) is 10.6. The molecule has 1 aromatic carbocycles. The third-order valence-corrected chi connectivity index (χ3v) is 3.36. The van der Waals surface area contributed by atoms with Crippen molar-refractivity contribution < 1.29 is 0 Å². The third kappa shape index (κ3) is 2.19. The molecule has 0 bridgehead atoms. The zero-order chi connectivity index (χ0) is 12.4. The molecule has 1 atom stereocenters. The van der Waals surface area contributed by atoms with Crippen molar-refractivity contribution >= 4 is 17.3 Å². The molecule has 18 heavy (non-hydrogen) atoms. The quantitative estimate of drug-likeness (QED) is 0.885. The number of nitrogens with one attached hydrogen (secondary N) is 2. The minimum absolute atomic E-state index is 0.436. The first-order chi connectivity index (χ1) is 8.84. The molecule has 1 aliphatic rings. The molecule has 5 nitrogen and oxygen atoms in total. The van der Waals surface area contributed by atoms with Crippen molar-refractivity contribution in [3.05, 3.63) is 35.9 Å². The Morgan fingerprint density at radius 3 is 3.11 bits per heavy atom. The maximum absolute atomic E-state index is 6.26. The van der Waals surface area contributed by atoms with E-state index in [2.05, 4.69) is 20.7 Å². The van der Waals surface area contributed by atoms with E-state index >= 15 is 0 Å². The van der Waals surface area contributed by atoms with Crippen molar-refractivity contribution in [1.29, 1.82) is 0 Å². The number of hydrogen-bond acceptors (Lipinski definition) is 4. The van der Waals surface area contributed by atoms with Gasteiger partial charge in [-0.2, -0.15) is 5.10 Å². The lowest BCUT2D eigenvalue weighted by atomic mass is 10.2. The van der Waals surface area contributed by atoms with Crippen molar-refractivity contribution in [2.24, 2.45) is 0 Å². The van der Waals surface area contributed by atoms with Crippen LogP contribution in [0.1, 0.15) is 6.42 Å². The number of rotatable bonds is 3. The van der Waals surface area contributed by atoms with Crippen LogP contribution in [0.3, 0.4) is 0 Å². The summed E-state index contributed by atoms with van der Waals surface area (Å²) in [6, 6.07) is 6.25. The van der Waals surface area contributed by atoms with Gasteiger partial charge in [0.25, 0.3) is 0 Å². The minimum Gasteiger partial charge on any atom is -0.379 e. The Balaban J connectivity index is 1.95. The first-order valence-electron chi connectivity index (χ1n) is 5.95. The smallest absolute Gasteiger partial charge is 0.138 e. The van der Waals surface area contributed by atoms with Crippen LogP contribution >= 0.6 is 11.6 Å². The highest BCUT2D eigenvalue weighted by atomic mass is 35.5. The summed E-state index contributed by atoms with van der Waals surface area (Å²) in [7, 11) is 0. The summed E-state index contributed by atoms with van der Waals surface area (Å²) in [5.74, 6) is 0. The molecule has 2 heterocycles. The second kappa shape index (κ2) is 4.96. The molecule has 2 N–H and O–H groups in total. The Morgan fingerprint density at radius 1 is 1.44 bits per heavy atom. The fraction of sp³-hybridized carbons (Fsp3) is 0.333. The van der Waals surface area contributed by atoms with Crippen LogP contribution in [0, 0.1) is 0 Å². The van der Waals surface area contributed by atoms with Gasteiger partial charge < -0.3 is 10.6 Å². The molecule has 6 heteroatoms. The van der Waals surface area contributed by atoms with Crippen LogP contribution < -0.4 is 10.6 Å². The van der Waals surface area contributed by atoms with Gasteiger partial charge >= 0.3 is 0 Å². The molecule has 0 spiro atoms.